The molecular weight excluding hydrogens is 785 g/mol. The number of imidazole rings is 2. The lowest BCUT2D eigenvalue weighted by atomic mass is 9.96. The predicted octanol–water partition coefficient (Wildman–Crippen LogP) is 13.1. The lowest BCUT2D eigenvalue weighted by Crippen LogP contribution is -1.98. The second-order valence-electron chi connectivity index (χ2n) is 15.7. The molecule has 64 heavy (non-hydrogen) atoms. The maximum Gasteiger partial charge on any atom is 0.145 e. The van der Waals surface area contributed by atoms with Gasteiger partial charge in [0.2, 0.25) is 0 Å². The molecule has 7 aromatic carbocycles. The summed E-state index contributed by atoms with van der Waals surface area (Å²) in [5.41, 5.74) is 18.1. The molecule has 0 saturated carbocycles. The third-order valence-electron chi connectivity index (χ3n) is 11.9. The van der Waals surface area contributed by atoms with E-state index in [2.05, 4.69) is 177 Å². The second kappa shape index (κ2) is 15.5. The number of hydrogen-bond donors (Lipinski definition) is 0. The first kappa shape index (κ1) is 36.9. The standard InChI is InChI=1S/C56H36N8/c1-3-17-51-49(15-1)61-55(63(51)45-13-5-9-41(33-45)43-11-7-29-57-35-43)39-23-19-37(20-24-39)47-27-28-48(54-53(47)59-31-32-60-54)38-21-25-40(26-22-38)56-62-50-16-2-4-18-52(50)64(56)46-14-6-10-42(34-46)44-12-8-30-58-36-44/h1-36H. The maximum atomic E-state index is 5.15. The van der Waals surface area contributed by atoms with Crippen molar-refractivity contribution in [3.63, 3.8) is 0 Å². The van der Waals surface area contributed by atoms with E-state index in [-0.39, 0.29) is 0 Å². The van der Waals surface area contributed by atoms with Crippen LogP contribution in [0.3, 0.4) is 0 Å². The summed E-state index contributed by atoms with van der Waals surface area (Å²) in [6.45, 7) is 0. The number of nitrogens with zero attached hydrogens (tertiary/aromatic N) is 8. The number of para-hydroxylation sites is 4. The largest absolute Gasteiger partial charge is 0.292 e. The quantitative estimate of drug-likeness (QED) is 0.152. The van der Waals surface area contributed by atoms with Crippen LogP contribution < -0.4 is 0 Å². The molecule has 8 heteroatoms. The van der Waals surface area contributed by atoms with Gasteiger partial charge in [0.15, 0.2) is 0 Å². The molecular formula is C56H36N8. The Balaban J connectivity index is 0.888. The molecule has 0 fully saturated rings. The number of benzene rings is 7. The average Bonchev–Trinajstić information content (AvgIpc) is 3.97. The Morgan fingerprint density at radius 1 is 0.312 bits per heavy atom. The molecule has 0 atom stereocenters. The van der Waals surface area contributed by atoms with E-state index in [1.807, 2.05) is 36.7 Å². The Morgan fingerprint density at radius 3 is 1.17 bits per heavy atom. The fraction of sp³-hybridized carbons (Fsp3) is 0. The van der Waals surface area contributed by atoms with Crippen molar-refractivity contribution >= 4 is 33.1 Å². The number of aromatic nitrogens is 8. The van der Waals surface area contributed by atoms with E-state index in [1.54, 1.807) is 24.8 Å². The molecule has 0 bridgehead atoms. The van der Waals surface area contributed by atoms with Crippen LogP contribution in [0.25, 0.3) is 112 Å². The number of hydrogen-bond acceptors (Lipinski definition) is 6. The van der Waals surface area contributed by atoms with Crippen LogP contribution >= 0.6 is 0 Å². The Bertz CT molecular complexity index is 3410. The van der Waals surface area contributed by atoms with E-state index < -0.39 is 0 Å². The molecule has 0 aliphatic carbocycles. The van der Waals surface area contributed by atoms with Gasteiger partial charge in [-0.3, -0.25) is 29.1 Å². The molecule has 5 heterocycles. The van der Waals surface area contributed by atoms with Crippen LogP contribution in [0.5, 0.6) is 0 Å². The van der Waals surface area contributed by atoms with Crippen molar-refractivity contribution in [2.75, 3.05) is 0 Å². The Kier molecular flexibility index (Phi) is 8.97. The first-order chi connectivity index (χ1) is 31.7. The average molecular weight is 821 g/mol. The molecule has 5 aromatic heterocycles. The van der Waals surface area contributed by atoms with E-state index in [1.165, 1.54) is 0 Å². The fourth-order valence-corrected chi connectivity index (χ4v) is 8.80. The lowest BCUT2D eigenvalue weighted by Gasteiger charge is -2.13. The van der Waals surface area contributed by atoms with Gasteiger partial charge in [-0.2, -0.15) is 0 Å². The SMILES string of the molecule is c1cncc(-c2cccc(-n3c(-c4ccc(-c5ccc(-c6ccc(-c7nc8ccccc8n7-c7cccc(-c8cccnc8)c7)cc6)c6nccnc56)cc4)nc4ccccc43)c2)c1. The lowest BCUT2D eigenvalue weighted by molar-refractivity contribution is 1.10. The summed E-state index contributed by atoms with van der Waals surface area (Å²) in [7, 11) is 0. The van der Waals surface area contributed by atoms with E-state index >= 15 is 0 Å². The van der Waals surface area contributed by atoms with Crippen LogP contribution in [0.1, 0.15) is 0 Å². The minimum Gasteiger partial charge on any atom is -0.292 e. The normalized spacial score (nSPS) is 11.4. The molecule has 12 rings (SSSR count). The van der Waals surface area contributed by atoms with Crippen molar-refractivity contribution in [2.45, 2.75) is 0 Å². The van der Waals surface area contributed by atoms with Gasteiger partial charge in [-0.25, -0.2) is 9.97 Å². The van der Waals surface area contributed by atoms with Crippen molar-refractivity contribution in [1.82, 2.24) is 39.0 Å². The molecule has 0 N–H and O–H groups in total. The van der Waals surface area contributed by atoms with E-state index in [0.29, 0.717) is 0 Å². The van der Waals surface area contributed by atoms with Gasteiger partial charge in [0, 0.05) is 81.9 Å². The van der Waals surface area contributed by atoms with Crippen LogP contribution in [0.15, 0.2) is 219 Å². The third kappa shape index (κ3) is 6.49. The summed E-state index contributed by atoms with van der Waals surface area (Å²) in [6, 6.07) is 63.3. The van der Waals surface area contributed by atoms with Gasteiger partial charge in [0.1, 0.15) is 11.6 Å². The highest BCUT2D eigenvalue weighted by Crippen LogP contribution is 2.38. The first-order valence-corrected chi connectivity index (χ1v) is 21.2. The van der Waals surface area contributed by atoms with Crippen LogP contribution in [0, 0.1) is 0 Å². The summed E-state index contributed by atoms with van der Waals surface area (Å²) >= 11 is 0. The van der Waals surface area contributed by atoms with Crippen molar-refractivity contribution in [3.05, 3.63) is 219 Å². The van der Waals surface area contributed by atoms with Gasteiger partial charge in [0.25, 0.3) is 0 Å². The molecule has 8 nitrogen and oxygen atoms in total. The zero-order chi connectivity index (χ0) is 42.4. The number of pyridine rings is 2. The summed E-state index contributed by atoms with van der Waals surface area (Å²) < 4.78 is 4.48. The summed E-state index contributed by atoms with van der Waals surface area (Å²) in [5, 5.41) is 0. The molecule has 0 saturated heterocycles. The second-order valence-corrected chi connectivity index (χ2v) is 15.7. The van der Waals surface area contributed by atoms with E-state index in [0.717, 1.165) is 112 Å². The minimum absolute atomic E-state index is 0.839. The summed E-state index contributed by atoms with van der Waals surface area (Å²) in [5.74, 6) is 1.74. The van der Waals surface area contributed by atoms with Crippen molar-refractivity contribution in [2.24, 2.45) is 0 Å². The van der Waals surface area contributed by atoms with E-state index in [9.17, 15) is 0 Å². The van der Waals surface area contributed by atoms with Crippen LogP contribution in [-0.4, -0.2) is 39.0 Å². The summed E-state index contributed by atoms with van der Waals surface area (Å²) in [4.78, 5) is 28.8. The molecule has 300 valence electrons. The van der Waals surface area contributed by atoms with Crippen molar-refractivity contribution in [1.29, 1.82) is 0 Å². The zero-order valence-electron chi connectivity index (χ0n) is 34.4. The fourth-order valence-electron chi connectivity index (χ4n) is 8.80. The molecule has 0 aliphatic rings. The van der Waals surface area contributed by atoms with Crippen LogP contribution in [0.4, 0.5) is 0 Å². The monoisotopic (exact) mass is 820 g/mol. The van der Waals surface area contributed by atoms with Crippen LogP contribution in [-0.2, 0) is 0 Å². The molecule has 0 aliphatic heterocycles. The van der Waals surface area contributed by atoms with Crippen molar-refractivity contribution in [3.8, 4) is 78.7 Å². The summed E-state index contributed by atoms with van der Waals surface area (Å²) in [6.07, 6.45) is 10.9. The van der Waals surface area contributed by atoms with Gasteiger partial charge in [-0.1, -0.05) is 121 Å². The molecule has 12 aromatic rings. The van der Waals surface area contributed by atoms with Gasteiger partial charge >= 0.3 is 0 Å². The predicted molar refractivity (Wildman–Crippen MR) is 257 cm³/mol. The smallest absolute Gasteiger partial charge is 0.145 e. The third-order valence-corrected chi connectivity index (χ3v) is 11.9. The molecule has 0 amide bonds. The van der Waals surface area contributed by atoms with Gasteiger partial charge < -0.3 is 0 Å². The zero-order valence-corrected chi connectivity index (χ0v) is 34.4. The van der Waals surface area contributed by atoms with E-state index in [4.69, 9.17) is 19.9 Å². The Hall–Kier alpha value is -8.88. The number of fused-ring (bicyclic) bond motifs is 3. The topological polar surface area (TPSA) is 87.2 Å². The Morgan fingerprint density at radius 2 is 0.734 bits per heavy atom. The maximum absolute atomic E-state index is 5.15. The van der Waals surface area contributed by atoms with Gasteiger partial charge in [-0.15, -0.1) is 0 Å². The van der Waals surface area contributed by atoms with Gasteiger partial charge in [-0.05, 0) is 82.9 Å². The highest BCUT2D eigenvalue weighted by Gasteiger charge is 2.19. The van der Waals surface area contributed by atoms with Crippen molar-refractivity contribution < 1.29 is 0 Å². The molecule has 0 radical (unpaired) electrons. The highest BCUT2D eigenvalue weighted by atomic mass is 15.1. The Labute approximate surface area is 368 Å². The first-order valence-electron chi connectivity index (χ1n) is 21.2. The van der Waals surface area contributed by atoms with Crippen LogP contribution in [0.2, 0.25) is 0 Å². The minimum atomic E-state index is 0.839. The molecule has 0 unspecified atom stereocenters. The van der Waals surface area contributed by atoms with Gasteiger partial charge in [0.05, 0.1) is 33.1 Å². The molecule has 0 spiro atoms. The highest BCUT2D eigenvalue weighted by molar-refractivity contribution is 6.00. The number of rotatable bonds is 8.